The van der Waals surface area contributed by atoms with Gasteiger partial charge in [0, 0.05) is 48.8 Å². The standard InChI is InChI=1S/C25H27N3O5S2/c1-27(2)12-7-5-11(6-8-12)16-17-13-10-14(20(17)34-22-21(16)35-25(33)26-22)19-18(13)23(31)28(24(19)32)9-3-4-15(29)30/h5-8,13-14,16-20H,3-4,9-10H2,1-2H3,(H,26,33)(H,29,30)/t13-,14+,16-,17+,18+,19+,20-/m1/s1. The molecule has 0 radical (unpaired) electrons. The number of carbonyl (C=O) groups excluding carboxylic acids is 2. The molecule has 3 fully saturated rings. The lowest BCUT2D eigenvalue weighted by molar-refractivity contribution is -0.142. The van der Waals surface area contributed by atoms with Crippen LogP contribution < -0.4 is 9.77 Å². The molecule has 6 rings (SSSR count). The number of thioether (sulfide) groups is 1. The minimum Gasteiger partial charge on any atom is -0.481 e. The molecule has 1 aromatic heterocycles. The topological polar surface area (TPSA) is 111 Å². The number of anilines is 1. The third kappa shape index (κ3) is 3.40. The van der Waals surface area contributed by atoms with Gasteiger partial charge in [0.2, 0.25) is 11.8 Å². The number of aromatic nitrogens is 1. The van der Waals surface area contributed by atoms with Crippen molar-refractivity contribution in [3.8, 4) is 0 Å². The number of thiazole rings is 1. The molecule has 2 N–H and O–H groups in total. The van der Waals surface area contributed by atoms with Gasteiger partial charge in [-0.2, -0.15) is 0 Å². The molecule has 4 aliphatic rings. The molecule has 2 aliphatic heterocycles. The monoisotopic (exact) mass is 513 g/mol. The van der Waals surface area contributed by atoms with Crippen LogP contribution in [-0.2, 0) is 14.4 Å². The molecule has 10 heteroatoms. The Morgan fingerprint density at radius 1 is 1.11 bits per heavy atom. The molecule has 184 valence electrons. The number of hydrogen-bond acceptors (Lipinski definition) is 7. The molecule has 2 amide bonds. The molecular formula is C25H27N3O5S2. The lowest BCUT2D eigenvalue weighted by Gasteiger charge is -2.43. The summed E-state index contributed by atoms with van der Waals surface area (Å²) in [7, 11) is 4.00. The average Bonchev–Trinajstić information content (AvgIpc) is 3.54. The van der Waals surface area contributed by atoms with Gasteiger partial charge in [-0.25, -0.2) is 0 Å². The first-order valence-corrected chi connectivity index (χ1v) is 13.7. The molecular weight excluding hydrogens is 486 g/mol. The maximum absolute atomic E-state index is 13.4. The average molecular weight is 514 g/mol. The number of benzene rings is 1. The van der Waals surface area contributed by atoms with Crippen LogP contribution in [0.3, 0.4) is 0 Å². The largest absolute Gasteiger partial charge is 0.481 e. The van der Waals surface area contributed by atoms with Gasteiger partial charge in [-0.1, -0.05) is 23.5 Å². The number of nitrogens with one attached hydrogen (secondary N) is 1. The SMILES string of the molecule is CN(C)c1ccc([C@H]2c3sc(=O)[nH]c3S[C@@H]3[C@H]4C[C@@H]([C@@H]5C(=O)N(CCCC(=O)O)C(=O)[C@@H]45)[C@@H]23)cc1. The highest BCUT2D eigenvalue weighted by molar-refractivity contribution is 8.00. The van der Waals surface area contributed by atoms with Gasteiger partial charge < -0.3 is 15.0 Å². The molecule has 7 atom stereocenters. The zero-order valence-electron chi connectivity index (χ0n) is 19.5. The molecule has 1 aromatic carbocycles. The van der Waals surface area contributed by atoms with Crippen molar-refractivity contribution in [2.75, 3.05) is 25.5 Å². The third-order valence-corrected chi connectivity index (χ3v) is 10.9. The van der Waals surface area contributed by atoms with E-state index in [1.165, 1.54) is 16.2 Å². The van der Waals surface area contributed by atoms with Gasteiger partial charge in [0.25, 0.3) is 0 Å². The number of H-pyrrole nitrogens is 1. The Bertz CT molecular complexity index is 1270. The molecule has 8 nitrogen and oxygen atoms in total. The van der Waals surface area contributed by atoms with Crippen molar-refractivity contribution >= 4 is 46.6 Å². The van der Waals surface area contributed by atoms with Crippen LogP contribution in [0.25, 0.3) is 0 Å². The van der Waals surface area contributed by atoms with Gasteiger partial charge in [-0.15, -0.1) is 11.8 Å². The Labute approximate surface area is 210 Å². The number of hydrogen-bond donors (Lipinski definition) is 2. The van der Waals surface area contributed by atoms with Gasteiger partial charge in [-0.05, 0) is 48.3 Å². The highest BCUT2D eigenvalue weighted by Crippen LogP contribution is 2.68. The van der Waals surface area contributed by atoms with Crippen LogP contribution in [0.15, 0.2) is 34.1 Å². The van der Waals surface area contributed by atoms with Crippen molar-refractivity contribution in [1.29, 1.82) is 0 Å². The van der Waals surface area contributed by atoms with E-state index in [4.69, 9.17) is 5.11 Å². The molecule has 0 unspecified atom stereocenters. The maximum Gasteiger partial charge on any atom is 0.305 e. The lowest BCUT2D eigenvalue weighted by Crippen LogP contribution is -2.42. The first-order chi connectivity index (χ1) is 16.8. The third-order valence-electron chi connectivity index (χ3n) is 8.36. The second kappa shape index (κ2) is 8.23. The number of carboxylic acid groups (broad SMARTS) is 1. The van der Waals surface area contributed by atoms with Crippen LogP contribution >= 0.6 is 23.1 Å². The minimum absolute atomic E-state index is 0.0105. The smallest absolute Gasteiger partial charge is 0.305 e. The first kappa shape index (κ1) is 22.8. The fourth-order valence-corrected chi connectivity index (χ4v) is 9.93. The number of amides is 2. The van der Waals surface area contributed by atoms with Crippen molar-refractivity contribution in [2.45, 2.75) is 35.5 Å². The van der Waals surface area contributed by atoms with Crippen molar-refractivity contribution in [1.82, 2.24) is 9.88 Å². The molecule has 0 spiro atoms. The first-order valence-electron chi connectivity index (χ1n) is 12.0. The van der Waals surface area contributed by atoms with Gasteiger partial charge in [0.1, 0.15) is 0 Å². The molecule has 1 saturated heterocycles. The predicted molar refractivity (Wildman–Crippen MR) is 133 cm³/mol. The van der Waals surface area contributed by atoms with E-state index in [9.17, 15) is 19.2 Å². The summed E-state index contributed by atoms with van der Waals surface area (Å²) in [6.45, 7) is 0.176. The van der Waals surface area contributed by atoms with Crippen LogP contribution in [0.2, 0.25) is 0 Å². The van der Waals surface area contributed by atoms with E-state index in [1.54, 1.807) is 11.8 Å². The molecule has 35 heavy (non-hydrogen) atoms. The Kier molecular flexibility index (Phi) is 5.37. The summed E-state index contributed by atoms with van der Waals surface area (Å²) >= 11 is 2.94. The van der Waals surface area contributed by atoms with Crippen molar-refractivity contribution in [2.24, 2.45) is 29.6 Å². The van der Waals surface area contributed by atoms with Crippen LogP contribution in [0.5, 0.6) is 0 Å². The zero-order valence-corrected chi connectivity index (χ0v) is 21.1. The van der Waals surface area contributed by atoms with Crippen molar-refractivity contribution in [3.63, 3.8) is 0 Å². The van der Waals surface area contributed by atoms with E-state index < -0.39 is 5.97 Å². The number of carboxylic acids is 1. The van der Waals surface area contributed by atoms with E-state index in [-0.39, 0.29) is 76.8 Å². The maximum atomic E-state index is 13.4. The van der Waals surface area contributed by atoms with E-state index in [0.717, 1.165) is 27.6 Å². The van der Waals surface area contributed by atoms with Crippen LogP contribution in [0.4, 0.5) is 5.69 Å². The van der Waals surface area contributed by atoms with E-state index in [2.05, 4.69) is 29.2 Å². The van der Waals surface area contributed by atoms with Crippen LogP contribution in [0.1, 0.15) is 35.6 Å². The fourth-order valence-electron chi connectivity index (χ4n) is 7.04. The summed E-state index contributed by atoms with van der Waals surface area (Å²) in [5.41, 5.74) is 2.24. The molecule has 2 aromatic rings. The van der Waals surface area contributed by atoms with Crippen LogP contribution in [0, 0.1) is 29.6 Å². The summed E-state index contributed by atoms with van der Waals surface area (Å²) in [5, 5.41) is 10.0. The summed E-state index contributed by atoms with van der Waals surface area (Å²) < 4.78 is 0. The van der Waals surface area contributed by atoms with Gasteiger partial charge in [0.05, 0.1) is 16.9 Å². The second-order valence-corrected chi connectivity index (χ2v) is 12.5. The Morgan fingerprint density at radius 2 is 1.80 bits per heavy atom. The fraction of sp³-hybridized carbons (Fsp3) is 0.520. The number of fused-ring (bicyclic) bond motifs is 9. The number of likely N-dealkylation sites (tertiary alicyclic amines) is 1. The number of aliphatic carboxylic acids is 1. The summed E-state index contributed by atoms with van der Waals surface area (Å²) in [5.74, 6) is -1.50. The number of carbonyl (C=O) groups is 3. The quantitative estimate of drug-likeness (QED) is 0.572. The van der Waals surface area contributed by atoms with Crippen molar-refractivity contribution in [3.05, 3.63) is 44.4 Å². The number of imide groups is 1. The van der Waals surface area contributed by atoms with Gasteiger partial charge in [0.15, 0.2) is 0 Å². The molecule has 3 heterocycles. The van der Waals surface area contributed by atoms with Crippen molar-refractivity contribution < 1.29 is 19.5 Å². The van der Waals surface area contributed by atoms with Crippen LogP contribution in [-0.4, -0.2) is 58.7 Å². The van der Waals surface area contributed by atoms with E-state index in [1.807, 2.05) is 19.0 Å². The molecule has 2 bridgehead atoms. The summed E-state index contributed by atoms with van der Waals surface area (Å²) in [4.78, 5) is 57.4. The highest BCUT2D eigenvalue weighted by Gasteiger charge is 2.69. The van der Waals surface area contributed by atoms with Gasteiger partial charge >= 0.3 is 10.8 Å². The number of aromatic amines is 1. The summed E-state index contributed by atoms with van der Waals surface area (Å²) in [6.07, 6.45) is 1.07. The number of nitrogens with zero attached hydrogens (tertiary/aromatic N) is 2. The minimum atomic E-state index is -0.921. The lowest BCUT2D eigenvalue weighted by atomic mass is 9.68. The highest BCUT2D eigenvalue weighted by atomic mass is 32.2. The molecule has 2 aliphatic carbocycles. The number of rotatable bonds is 6. The Balaban J connectivity index is 1.36. The van der Waals surface area contributed by atoms with E-state index in [0.29, 0.717) is 0 Å². The summed E-state index contributed by atoms with van der Waals surface area (Å²) in [6, 6.07) is 8.44. The Morgan fingerprint density at radius 3 is 2.46 bits per heavy atom. The molecule has 2 saturated carbocycles. The van der Waals surface area contributed by atoms with Gasteiger partial charge in [-0.3, -0.25) is 24.1 Å². The zero-order chi connectivity index (χ0) is 24.6. The second-order valence-electron chi connectivity index (χ2n) is 10.3. The predicted octanol–water partition coefficient (Wildman–Crippen LogP) is 2.84. The Hall–Kier alpha value is -2.59. The van der Waals surface area contributed by atoms with E-state index >= 15 is 0 Å². The normalized spacial score (nSPS) is 32.5.